The van der Waals surface area contributed by atoms with Crippen molar-refractivity contribution in [1.82, 2.24) is 10.6 Å². The second-order valence-electron chi connectivity index (χ2n) is 7.20. The van der Waals surface area contributed by atoms with Gasteiger partial charge >= 0.3 is 0 Å². The van der Waals surface area contributed by atoms with E-state index in [1.54, 1.807) is 12.1 Å². The van der Waals surface area contributed by atoms with Crippen LogP contribution in [0.3, 0.4) is 0 Å². The number of rotatable bonds is 3. The number of hydrogen-bond donors (Lipinski definition) is 2. The van der Waals surface area contributed by atoms with Crippen molar-refractivity contribution in [2.24, 2.45) is 0 Å². The number of amides is 1. The van der Waals surface area contributed by atoms with Gasteiger partial charge in [-0.1, -0.05) is 31.4 Å². The Hall–Kier alpha value is -1.42. The summed E-state index contributed by atoms with van der Waals surface area (Å²) in [6, 6.07) is 7.30. The first-order valence-electron chi connectivity index (χ1n) is 8.90. The highest BCUT2D eigenvalue weighted by molar-refractivity contribution is 5.88. The van der Waals surface area contributed by atoms with Crippen molar-refractivity contribution in [2.75, 3.05) is 6.54 Å². The summed E-state index contributed by atoms with van der Waals surface area (Å²) in [6.45, 7) is 3.10. The van der Waals surface area contributed by atoms with Gasteiger partial charge < -0.3 is 10.6 Å². The second-order valence-corrected chi connectivity index (χ2v) is 7.20. The lowest BCUT2D eigenvalue weighted by Crippen LogP contribution is -2.53. The quantitative estimate of drug-likeness (QED) is 0.898. The van der Waals surface area contributed by atoms with Crippen molar-refractivity contribution < 1.29 is 9.18 Å². The molecule has 2 aliphatic rings. The van der Waals surface area contributed by atoms with Crippen LogP contribution >= 0.6 is 0 Å². The lowest BCUT2D eigenvalue weighted by Gasteiger charge is -2.39. The lowest BCUT2D eigenvalue weighted by molar-refractivity contribution is -0.129. The largest absolute Gasteiger partial charge is 0.352 e. The third-order valence-electron chi connectivity index (χ3n) is 5.48. The van der Waals surface area contributed by atoms with E-state index in [9.17, 15) is 9.18 Å². The van der Waals surface area contributed by atoms with Crippen molar-refractivity contribution in [3.63, 3.8) is 0 Å². The van der Waals surface area contributed by atoms with Gasteiger partial charge in [0.1, 0.15) is 5.82 Å². The highest BCUT2D eigenvalue weighted by Gasteiger charge is 2.42. The van der Waals surface area contributed by atoms with Crippen LogP contribution in [0.4, 0.5) is 4.39 Å². The van der Waals surface area contributed by atoms with E-state index in [1.807, 2.05) is 6.07 Å². The van der Waals surface area contributed by atoms with E-state index in [0.29, 0.717) is 6.04 Å². The molecule has 2 unspecified atom stereocenters. The highest BCUT2D eigenvalue weighted by atomic mass is 19.1. The monoisotopic (exact) mass is 318 g/mol. The smallest absolute Gasteiger partial charge is 0.230 e. The molecule has 3 nitrogen and oxygen atoms in total. The number of piperidine rings is 1. The summed E-state index contributed by atoms with van der Waals surface area (Å²) in [7, 11) is 0. The minimum atomic E-state index is -0.547. The van der Waals surface area contributed by atoms with Crippen LogP contribution in [0.5, 0.6) is 0 Å². The maximum atomic E-state index is 13.7. The Bertz CT molecular complexity index is 554. The zero-order valence-electron chi connectivity index (χ0n) is 13.9. The lowest BCUT2D eigenvalue weighted by atomic mass is 9.68. The van der Waals surface area contributed by atoms with E-state index < -0.39 is 5.41 Å². The zero-order valence-corrected chi connectivity index (χ0v) is 13.9. The zero-order chi connectivity index (χ0) is 16.3. The first kappa shape index (κ1) is 16.4. The minimum Gasteiger partial charge on any atom is -0.352 e. The van der Waals surface area contributed by atoms with Gasteiger partial charge in [-0.05, 0) is 56.8 Å². The van der Waals surface area contributed by atoms with Crippen LogP contribution in [0.1, 0.15) is 57.4 Å². The molecular formula is C19H27FN2O. The Morgan fingerprint density at radius 3 is 2.78 bits per heavy atom. The van der Waals surface area contributed by atoms with Crippen LogP contribution in [0.25, 0.3) is 0 Å². The summed E-state index contributed by atoms with van der Waals surface area (Å²) in [5.74, 6) is -0.155. The van der Waals surface area contributed by atoms with E-state index in [2.05, 4.69) is 17.6 Å². The van der Waals surface area contributed by atoms with Crippen molar-refractivity contribution in [3.05, 3.63) is 35.6 Å². The van der Waals surface area contributed by atoms with Gasteiger partial charge in [0.05, 0.1) is 5.41 Å². The molecule has 3 rings (SSSR count). The summed E-state index contributed by atoms with van der Waals surface area (Å²) < 4.78 is 13.7. The molecule has 4 heteroatoms. The SMILES string of the molecule is CC1CC(NC(=O)C2(c3cccc(F)c3)CCCCC2)CCN1. The Balaban J connectivity index is 1.82. The number of hydrogen-bond acceptors (Lipinski definition) is 2. The van der Waals surface area contributed by atoms with E-state index in [-0.39, 0.29) is 17.8 Å². The molecule has 2 atom stereocenters. The van der Waals surface area contributed by atoms with Gasteiger partial charge in [0.15, 0.2) is 0 Å². The maximum absolute atomic E-state index is 13.7. The average Bonchev–Trinajstić information content (AvgIpc) is 2.55. The van der Waals surface area contributed by atoms with Crippen LogP contribution in [0.15, 0.2) is 24.3 Å². The van der Waals surface area contributed by atoms with Crippen molar-refractivity contribution in [2.45, 2.75) is 69.4 Å². The Kier molecular flexibility index (Phi) is 5.00. The molecule has 0 bridgehead atoms. The van der Waals surface area contributed by atoms with E-state index >= 15 is 0 Å². The molecule has 1 aromatic carbocycles. The highest BCUT2D eigenvalue weighted by Crippen LogP contribution is 2.40. The van der Waals surface area contributed by atoms with Gasteiger partial charge in [0, 0.05) is 12.1 Å². The van der Waals surface area contributed by atoms with Crippen LogP contribution in [0.2, 0.25) is 0 Å². The molecule has 1 aromatic rings. The van der Waals surface area contributed by atoms with Gasteiger partial charge in [0.2, 0.25) is 5.91 Å². The number of carbonyl (C=O) groups excluding carboxylic acids is 1. The van der Waals surface area contributed by atoms with Gasteiger partial charge in [-0.15, -0.1) is 0 Å². The summed E-state index contributed by atoms with van der Waals surface area (Å²) in [6.07, 6.45) is 6.81. The Morgan fingerprint density at radius 1 is 1.30 bits per heavy atom. The van der Waals surface area contributed by atoms with Gasteiger partial charge in [-0.25, -0.2) is 4.39 Å². The summed E-state index contributed by atoms with van der Waals surface area (Å²) in [4.78, 5) is 13.2. The predicted octanol–water partition coefficient (Wildman–Crippen LogP) is 3.28. The molecule has 2 N–H and O–H groups in total. The third-order valence-corrected chi connectivity index (χ3v) is 5.48. The third kappa shape index (κ3) is 3.57. The molecule has 1 saturated heterocycles. The Morgan fingerprint density at radius 2 is 2.09 bits per heavy atom. The average molecular weight is 318 g/mol. The van der Waals surface area contributed by atoms with Gasteiger partial charge in [-0.2, -0.15) is 0 Å². The fourth-order valence-electron chi connectivity index (χ4n) is 4.17. The number of halogens is 1. The number of benzene rings is 1. The molecule has 23 heavy (non-hydrogen) atoms. The second kappa shape index (κ2) is 7.00. The number of nitrogens with one attached hydrogen (secondary N) is 2. The standard InChI is InChI=1S/C19H27FN2O/c1-14-12-17(8-11-21-14)22-18(23)19(9-3-2-4-10-19)15-6-5-7-16(20)13-15/h5-7,13-14,17,21H,2-4,8-12H2,1H3,(H,22,23). The maximum Gasteiger partial charge on any atom is 0.230 e. The summed E-state index contributed by atoms with van der Waals surface area (Å²) in [5, 5.41) is 6.69. The molecule has 0 spiro atoms. The minimum absolute atomic E-state index is 0.0990. The van der Waals surface area contributed by atoms with Crippen LogP contribution in [0, 0.1) is 5.82 Å². The van der Waals surface area contributed by atoms with Crippen LogP contribution < -0.4 is 10.6 Å². The molecule has 1 aliphatic heterocycles. The van der Waals surface area contributed by atoms with Crippen molar-refractivity contribution in [1.29, 1.82) is 0 Å². The van der Waals surface area contributed by atoms with E-state index in [0.717, 1.165) is 57.1 Å². The van der Waals surface area contributed by atoms with E-state index in [1.165, 1.54) is 6.07 Å². The first-order valence-corrected chi connectivity index (χ1v) is 8.90. The fraction of sp³-hybridized carbons (Fsp3) is 0.632. The van der Waals surface area contributed by atoms with Gasteiger partial charge in [-0.3, -0.25) is 4.79 Å². The Labute approximate surface area is 138 Å². The normalized spacial score (nSPS) is 27.4. The molecular weight excluding hydrogens is 291 g/mol. The van der Waals surface area contributed by atoms with Crippen molar-refractivity contribution in [3.8, 4) is 0 Å². The van der Waals surface area contributed by atoms with Gasteiger partial charge in [0.25, 0.3) is 0 Å². The van der Waals surface area contributed by atoms with Crippen LogP contribution in [-0.2, 0) is 10.2 Å². The summed E-state index contributed by atoms with van der Waals surface area (Å²) >= 11 is 0. The summed E-state index contributed by atoms with van der Waals surface area (Å²) in [5.41, 5.74) is 0.297. The number of carbonyl (C=O) groups is 1. The molecule has 0 radical (unpaired) electrons. The molecule has 1 aliphatic carbocycles. The predicted molar refractivity (Wildman–Crippen MR) is 89.8 cm³/mol. The van der Waals surface area contributed by atoms with E-state index in [4.69, 9.17) is 0 Å². The first-order chi connectivity index (χ1) is 11.1. The topological polar surface area (TPSA) is 41.1 Å². The molecule has 2 fully saturated rings. The van der Waals surface area contributed by atoms with Crippen molar-refractivity contribution >= 4 is 5.91 Å². The van der Waals surface area contributed by atoms with Crippen LogP contribution in [-0.4, -0.2) is 24.5 Å². The molecule has 0 aromatic heterocycles. The molecule has 1 saturated carbocycles. The fourth-order valence-corrected chi connectivity index (χ4v) is 4.17. The molecule has 1 heterocycles. The molecule has 126 valence electrons. The molecule has 1 amide bonds.